The lowest BCUT2D eigenvalue weighted by Gasteiger charge is -2.19. The van der Waals surface area contributed by atoms with Crippen LogP contribution >= 0.6 is 0 Å². The second kappa shape index (κ2) is 7.51. The summed E-state index contributed by atoms with van der Waals surface area (Å²) >= 11 is 0. The van der Waals surface area contributed by atoms with Gasteiger partial charge < -0.3 is 15.2 Å². The normalized spacial score (nSPS) is 13.3. The highest BCUT2D eigenvalue weighted by Gasteiger charge is 2.09. The Morgan fingerprint density at radius 3 is 2.26 bits per heavy atom. The van der Waals surface area contributed by atoms with E-state index < -0.39 is 0 Å². The summed E-state index contributed by atoms with van der Waals surface area (Å²) in [5.41, 5.74) is 6.94. The highest BCUT2D eigenvalue weighted by atomic mass is 16.5. The molecule has 3 nitrogen and oxygen atoms in total. The van der Waals surface area contributed by atoms with Crippen molar-refractivity contribution in [3.05, 3.63) is 29.8 Å². The second-order valence-corrected chi connectivity index (χ2v) is 5.97. The van der Waals surface area contributed by atoms with Gasteiger partial charge in [0.15, 0.2) is 0 Å². The monoisotopic (exact) mass is 265 g/mol. The minimum absolute atomic E-state index is 0.105. The average molecular weight is 265 g/mol. The molecule has 0 heterocycles. The number of nitrogens with two attached hydrogens (primary N) is 1. The van der Waals surface area contributed by atoms with Crippen LogP contribution in [-0.2, 0) is 11.2 Å². The first kappa shape index (κ1) is 16.0. The van der Waals surface area contributed by atoms with Crippen molar-refractivity contribution < 1.29 is 9.47 Å². The van der Waals surface area contributed by atoms with Gasteiger partial charge in [0, 0.05) is 6.04 Å². The highest BCUT2D eigenvalue weighted by molar-refractivity contribution is 5.27. The van der Waals surface area contributed by atoms with Gasteiger partial charge in [-0.05, 0) is 58.2 Å². The fourth-order valence-corrected chi connectivity index (χ4v) is 1.65. The van der Waals surface area contributed by atoms with Gasteiger partial charge in [0.1, 0.15) is 12.4 Å². The van der Waals surface area contributed by atoms with Gasteiger partial charge in [-0.2, -0.15) is 0 Å². The Bertz CT molecular complexity index is 352. The first-order valence-corrected chi connectivity index (χ1v) is 6.98. The third kappa shape index (κ3) is 7.85. The summed E-state index contributed by atoms with van der Waals surface area (Å²) < 4.78 is 11.2. The van der Waals surface area contributed by atoms with Crippen LogP contribution in [0.15, 0.2) is 24.3 Å². The predicted octanol–water partition coefficient (Wildman–Crippen LogP) is 3.16. The van der Waals surface area contributed by atoms with E-state index in [0.29, 0.717) is 13.2 Å². The quantitative estimate of drug-likeness (QED) is 0.770. The largest absolute Gasteiger partial charge is 0.491 e. The summed E-state index contributed by atoms with van der Waals surface area (Å²) in [6.45, 7) is 9.35. The predicted molar refractivity (Wildman–Crippen MR) is 79.6 cm³/mol. The number of aryl methyl sites for hydroxylation is 1. The van der Waals surface area contributed by atoms with E-state index in [4.69, 9.17) is 15.2 Å². The van der Waals surface area contributed by atoms with E-state index in [-0.39, 0.29) is 11.6 Å². The maximum absolute atomic E-state index is 5.75. The van der Waals surface area contributed by atoms with Crippen molar-refractivity contribution in [2.45, 2.75) is 52.2 Å². The molecule has 0 aliphatic heterocycles. The zero-order valence-corrected chi connectivity index (χ0v) is 12.6. The number of ether oxygens (including phenoxy) is 2. The summed E-state index contributed by atoms with van der Waals surface area (Å²) in [4.78, 5) is 0. The molecule has 1 atom stereocenters. The van der Waals surface area contributed by atoms with Crippen molar-refractivity contribution in [3.63, 3.8) is 0 Å². The van der Waals surface area contributed by atoms with Crippen LogP contribution in [0.3, 0.4) is 0 Å². The fraction of sp³-hybridized carbons (Fsp3) is 0.625. The van der Waals surface area contributed by atoms with Crippen molar-refractivity contribution >= 4 is 0 Å². The Hall–Kier alpha value is -1.06. The molecule has 0 aliphatic carbocycles. The van der Waals surface area contributed by atoms with E-state index >= 15 is 0 Å². The van der Waals surface area contributed by atoms with Gasteiger partial charge in [-0.1, -0.05) is 12.1 Å². The van der Waals surface area contributed by atoms with Crippen LogP contribution in [0.2, 0.25) is 0 Å². The standard InChI is InChI=1S/C16H27NO2/c1-13(17)5-6-14-7-9-15(10-8-14)18-11-12-19-16(2,3)4/h7-10,13H,5-6,11-12,17H2,1-4H3. The molecule has 1 unspecified atom stereocenters. The van der Waals surface area contributed by atoms with E-state index in [2.05, 4.69) is 12.1 Å². The van der Waals surface area contributed by atoms with Crippen LogP contribution in [0.1, 0.15) is 39.7 Å². The summed E-state index contributed by atoms with van der Waals surface area (Å²) in [5.74, 6) is 0.891. The molecule has 1 rings (SSSR count). The molecular formula is C16H27NO2. The molecule has 0 aromatic heterocycles. The molecule has 0 radical (unpaired) electrons. The molecule has 108 valence electrons. The van der Waals surface area contributed by atoms with Crippen LogP contribution < -0.4 is 10.5 Å². The molecule has 0 amide bonds. The van der Waals surface area contributed by atoms with Crippen LogP contribution in [-0.4, -0.2) is 24.9 Å². The Kier molecular flexibility index (Phi) is 6.32. The van der Waals surface area contributed by atoms with E-state index in [1.165, 1.54) is 5.56 Å². The molecule has 0 aliphatic rings. The molecule has 0 fully saturated rings. The maximum atomic E-state index is 5.75. The van der Waals surface area contributed by atoms with Crippen molar-refractivity contribution in [2.75, 3.05) is 13.2 Å². The topological polar surface area (TPSA) is 44.5 Å². The minimum atomic E-state index is -0.105. The molecule has 19 heavy (non-hydrogen) atoms. The minimum Gasteiger partial charge on any atom is -0.491 e. The lowest BCUT2D eigenvalue weighted by molar-refractivity contribution is -0.0163. The summed E-state index contributed by atoms with van der Waals surface area (Å²) in [7, 11) is 0. The van der Waals surface area contributed by atoms with Crippen molar-refractivity contribution in [1.29, 1.82) is 0 Å². The maximum Gasteiger partial charge on any atom is 0.119 e. The summed E-state index contributed by atoms with van der Waals surface area (Å²) in [5, 5.41) is 0. The lowest BCUT2D eigenvalue weighted by Crippen LogP contribution is -2.22. The van der Waals surface area contributed by atoms with Gasteiger partial charge in [0.05, 0.1) is 12.2 Å². The van der Waals surface area contributed by atoms with Gasteiger partial charge in [-0.25, -0.2) is 0 Å². The molecular weight excluding hydrogens is 238 g/mol. The Morgan fingerprint density at radius 2 is 1.74 bits per heavy atom. The molecule has 3 heteroatoms. The second-order valence-electron chi connectivity index (χ2n) is 5.97. The van der Waals surface area contributed by atoms with Crippen molar-refractivity contribution in [3.8, 4) is 5.75 Å². The Balaban J connectivity index is 2.28. The summed E-state index contributed by atoms with van der Waals surface area (Å²) in [6.07, 6.45) is 2.03. The zero-order chi connectivity index (χ0) is 14.3. The van der Waals surface area contributed by atoms with Crippen molar-refractivity contribution in [2.24, 2.45) is 5.73 Å². The first-order chi connectivity index (χ1) is 8.87. The van der Waals surface area contributed by atoms with E-state index in [9.17, 15) is 0 Å². The third-order valence-corrected chi connectivity index (χ3v) is 2.70. The van der Waals surface area contributed by atoms with Gasteiger partial charge in [-0.3, -0.25) is 0 Å². The number of hydrogen-bond donors (Lipinski definition) is 1. The number of hydrogen-bond acceptors (Lipinski definition) is 3. The van der Waals surface area contributed by atoms with Gasteiger partial charge in [0.2, 0.25) is 0 Å². The van der Waals surface area contributed by atoms with Gasteiger partial charge in [-0.15, -0.1) is 0 Å². The fourth-order valence-electron chi connectivity index (χ4n) is 1.65. The highest BCUT2D eigenvalue weighted by Crippen LogP contribution is 2.14. The number of rotatable bonds is 7. The van der Waals surface area contributed by atoms with Gasteiger partial charge >= 0.3 is 0 Å². The Labute approximate surface area is 117 Å². The number of benzene rings is 1. The SMILES string of the molecule is CC(N)CCc1ccc(OCCOC(C)(C)C)cc1. The first-order valence-electron chi connectivity index (χ1n) is 6.98. The molecule has 0 bridgehead atoms. The van der Waals surface area contributed by atoms with Crippen LogP contribution in [0.25, 0.3) is 0 Å². The van der Waals surface area contributed by atoms with E-state index in [1.807, 2.05) is 39.8 Å². The molecule has 0 spiro atoms. The smallest absolute Gasteiger partial charge is 0.119 e. The lowest BCUT2D eigenvalue weighted by atomic mass is 10.1. The van der Waals surface area contributed by atoms with E-state index in [0.717, 1.165) is 18.6 Å². The molecule has 2 N–H and O–H groups in total. The molecule has 0 saturated heterocycles. The third-order valence-electron chi connectivity index (χ3n) is 2.70. The van der Waals surface area contributed by atoms with Crippen LogP contribution in [0.4, 0.5) is 0 Å². The van der Waals surface area contributed by atoms with Crippen LogP contribution in [0.5, 0.6) is 5.75 Å². The summed E-state index contributed by atoms with van der Waals surface area (Å²) in [6, 6.07) is 8.47. The zero-order valence-electron chi connectivity index (χ0n) is 12.6. The van der Waals surface area contributed by atoms with Crippen molar-refractivity contribution in [1.82, 2.24) is 0 Å². The molecule has 1 aromatic rings. The molecule has 0 saturated carbocycles. The van der Waals surface area contributed by atoms with E-state index in [1.54, 1.807) is 0 Å². The average Bonchev–Trinajstić information content (AvgIpc) is 2.32. The van der Waals surface area contributed by atoms with Crippen LogP contribution in [0, 0.1) is 0 Å². The van der Waals surface area contributed by atoms with Gasteiger partial charge in [0.25, 0.3) is 0 Å². The Morgan fingerprint density at radius 1 is 1.11 bits per heavy atom. The molecule has 1 aromatic carbocycles.